The van der Waals surface area contributed by atoms with Gasteiger partial charge in [-0.15, -0.1) is 0 Å². The Morgan fingerprint density at radius 2 is 2.08 bits per heavy atom. The lowest BCUT2D eigenvalue weighted by Gasteiger charge is -2.26. The molecule has 134 valence electrons. The molecule has 2 heterocycles. The number of amides is 1. The number of benzene rings is 1. The van der Waals surface area contributed by atoms with Crippen LogP contribution in [0.5, 0.6) is 5.75 Å². The van der Waals surface area contributed by atoms with Gasteiger partial charge < -0.3 is 14.4 Å². The number of hydrogen-bond acceptors (Lipinski definition) is 4. The Morgan fingerprint density at radius 3 is 2.88 bits per heavy atom. The first-order valence-corrected chi connectivity index (χ1v) is 8.96. The minimum Gasteiger partial charge on any atom is -0.492 e. The highest BCUT2D eigenvalue weighted by Crippen LogP contribution is 2.15. The SMILES string of the molecule is O=C(/C=C/c1cccc(OCCN2CCOCC2)c1)N1CC=CCC1. The third-order valence-electron chi connectivity index (χ3n) is 4.43. The molecule has 1 amide bonds. The van der Waals surface area contributed by atoms with Gasteiger partial charge in [-0.25, -0.2) is 0 Å². The molecule has 0 radical (unpaired) electrons. The first-order chi connectivity index (χ1) is 12.3. The molecule has 5 heteroatoms. The van der Waals surface area contributed by atoms with Gasteiger partial charge in [0.25, 0.3) is 0 Å². The highest BCUT2D eigenvalue weighted by molar-refractivity contribution is 5.92. The molecular weight excluding hydrogens is 316 g/mol. The molecule has 0 aromatic heterocycles. The summed E-state index contributed by atoms with van der Waals surface area (Å²) < 4.78 is 11.2. The van der Waals surface area contributed by atoms with Gasteiger partial charge in [-0.1, -0.05) is 24.3 Å². The summed E-state index contributed by atoms with van der Waals surface area (Å²) in [5, 5.41) is 0. The number of carbonyl (C=O) groups excluding carboxylic acids is 1. The molecule has 25 heavy (non-hydrogen) atoms. The van der Waals surface area contributed by atoms with E-state index in [9.17, 15) is 4.79 Å². The maximum atomic E-state index is 12.2. The van der Waals surface area contributed by atoms with Crippen molar-refractivity contribution in [2.24, 2.45) is 0 Å². The molecule has 2 aliphatic rings. The quantitative estimate of drug-likeness (QED) is 0.587. The lowest BCUT2D eigenvalue weighted by atomic mass is 10.2. The van der Waals surface area contributed by atoms with Crippen LogP contribution in [-0.2, 0) is 9.53 Å². The third kappa shape index (κ3) is 5.73. The molecule has 2 aliphatic heterocycles. The van der Waals surface area contributed by atoms with E-state index >= 15 is 0 Å². The van der Waals surface area contributed by atoms with Crippen LogP contribution in [-0.4, -0.2) is 68.3 Å². The Hall–Kier alpha value is -2.11. The van der Waals surface area contributed by atoms with Crippen molar-refractivity contribution in [1.82, 2.24) is 9.80 Å². The molecule has 0 unspecified atom stereocenters. The van der Waals surface area contributed by atoms with E-state index in [2.05, 4.69) is 11.0 Å². The summed E-state index contributed by atoms with van der Waals surface area (Å²) in [7, 11) is 0. The van der Waals surface area contributed by atoms with Crippen LogP contribution in [0.15, 0.2) is 42.5 Å². The standard InChI is InChI=1S/C20H26N2O3/c23-20(22-9-2-1-3-10-22)8-7-18-5-4-6-19(17-18)25-16-13-21-11-14-24-15-12-21/h1-2,4-8,17H,3,9-16H2/b8-7+. The van der Waals surface area contributed by atoms with Crippen molar-refractivity contribution in [1.29, 1.82) is 0 Å². The van der Waals surface area contributed by atoms with E-state index in [4.69, 9.17) is 9.47 Å². The first-order valence-electron chi connectivity index (χ1n) is 8.96. The second kappa shape index (κ2) is 9.39. The van der Waals surface area contributed by atoms with Crippen molar-refractivity contribution >= 4 is 12.0 Å². The monoisotopic (exact) mass is 342 g/mol. The van der Waals surface area contributed by atoms with Gasteiger partial charge in [-0.2, -0.15) is 0 Å². The molecule has 0 saturated carbocycles. The van der Waals surface area contributed by atoms with Crippen LogP contribution in [0.4, 0.5) is 0 Å². The predicted molar refractivity (Wildman–Crippen MR) is 98.6 cm³/mol. The fraction of sp³-hybridized carbons (Fsp3) is 0.450. The van der Waals surface area contributed by atoms with Crippen LogP contribution in [0, 0.1) is 0 Å². The van der Waals surface area contributed by atoms with Crippen LogP contribution in [0.3, 0.4) is 0 Å². The van der Waals surface area contributed by atoms with Crippen LogP contribution in [0.2, 0.25) is 0 Å². The van der Waals surface area contributed by atoms with E-state index in [-0.39, 0.29) is 5.91 Å². The van der Waals surface area contributed by atoms with E-state index in [1.807, 2.05) is 41.3 Å². The van der Waals surface area contributed by atoms with Gasteiger partial charge in [-0.05, 0) is 30.2 Å². The summed E-state index contributed by atoms with van der Waals surface area (Å²) in [6.45, 7) is 6.62. The van der Waals surface area contributed by atoms with E-state index in [0.717, 1.165) is 57.1 Å². The lowest BCUT2D eigenvalue weighted by Crippen LogP contribution is -2.38. The van der Waals surface area contributed by atoms with Gasteiger partial charge in [0.05, 0.1) is 13.2 Å². The minimum atomic E-state index is 0.0583. The normalized spacial score (nSPS) is 18.6. The molecular formula is C20H26N2O3. The Kier molecular flexibility index (Phi) is 6.65. The van der Waals surface area contributed by atoms with E-state index in [1.165, 1.54) is 0 Å². The molecule has 1 aromatic rings. The molecule has 1 saturated heterocycles. The molecule has 0 bridgehead atoms. The second-order valence-corrected chi connectivity index (χ2v) is 6.25. The predicted octanol–water partition coefficient (Wildman–Crippen LogP) is 2.20. The van der Waals surface area contributed by atoms with E-state index in [0.29, 0.717) is 13.2 Å². The molecule has 3 rings (SSSR count). The molecule has 1 aromatic carbocycles. The Labute approximate surface area is 149 Å². The number of carbonyl (C=O) groups is 1. The first kappa shape index (κ1) is 17.7. The Bertz CT molecular complexity index is 621. The highest BCUT2D eigenvalue weighted by Gasteiger charge is 2.11. The van der Waals surface area contributed by atoms with Gasteiger partial charge in [0.1, 0.15) is 12.4 Å². The van der Waals surface area contributed by atoms with Gasteiger partial charge >= 0.3 is 0 Å². The smallest absolute Gasteiger partial charge is 0.246 e. The number of rotatable bonds is 6. The summed E-state index contributed by atoms with van der Waals surface area (Å²) in [5.74, 6) is 0.895. The largest absolute Gasteiger partial charge is 0.492 e. The number of hydrogen-bond donors (Lipinski definition) is 0. The highest BCUT2D eigenvalue weighted by atomic mass is 16.5. The summed E-state index contributed by atoms with van der Waals surface area (Å²) in [4.78, 5) is 16.4. The van der Waals surface area contributed by atoms with E-state index < -0.39 is 0 Å². The van der Waals surface area contributed by atoms with Crippen molar-refractivity contribution in [2.75, 3.05) is 52.5 Å². The maximum Gasteiger partial charge on any atom is 0.246 e. The minimum absolute atomic E-state index is 0.0583. The van der Waals surface area contributed by atoms with Crippen LogP contribution >= 0.6 is 0 Å². The summed E-state index contributed by atoms with van der Waals surface area (Å²) >= 11 is 0. The van der Waals surface area contributed by atoms with Crippen molar-refractivity contribution in [2.45, 2.75) is 6.42 Å². The van der Waals surface area contributed by atoms with Crippen molar-refractivity contribution < 1.29 is 14.3 Å². The fourth-order valence-electron chi connectivity index (χ4n) is 2.94. The molecule has 5 nitrogen and oxygen atoms in total. The van der Waals surface area contributed by atoms with Crippen molar-refractivity contribution in [3.05, 3.63) is 48.1 Å². The molecule has 0 aliphatic carbocycles. The van der Waals surface area contributed by atoms with Crippen LogP contribution < -0.4 is 4.74 Å². The van der Waals surface area contributed by atoms with Crippen molar-refractivity contribution in [3.63, 3.8) is 0 Å². The van der Waals surface area contributed by atoms with Crippen LogP contribution in [0.25, 0.3) is 6.08 Å². The van der Waals surface area contributed by atoms with Gasteiger partial charge in [-0.3, -0.25) is 9.69 Å². The molecule has 0 atom stereocenters. The zero-order valence-corrected chi connectivity index (χ0v) is 14.6. The second-order valence-electron chi connectivity index (χ2n) is 6.25. The average molecular weight is 342 g/mol. The molecule has 0 spiro atoms. The Balaban J connectivity index is 1.47. The Morgan fingerprint density at radius 1 is 1.20 bits per heavy atom. The van der Waals surface area contributed by atoms with Gasteiger partial charge in [0.2, 0.25) is 5.91 Å². The van der Waals surface area contributed by atoms with Gasteiger partial charge in [0.15, 0.2) is 0 Å². The lowest BCUT2D eigenvalue weighted by molar-refractivity contribution is -0.125. The summed E-state index contributed by atoms with van der Waals surface area (Å²) in [5.41, 5.74) is 0.977. The zero-order chi connectivity index (χ0) is 17.3. The summed E-state index contributed by atoms with van der Waals surface area (Å²) in [6.07, 6.45) is 8.59. The van der Waals surface area contributed by atoms with E-state index in [1.54, 1.807) is 6.08 Å². The topological polar surface area (TPSA) is 42.0 Å². The summed E-state index contributed by atoms with van der Waals surface area (Å²) in [6, 6.07) is 7.86. The fourth-order valence-corrected chi connectivity index (χ4v) is 2.94. The molecule has 0 N–H and O–H groups in total. The third-order valence-corrected chi connectivity index (χ3v) is 4.43. The number of morpholine rings is 1. The number of ether oxygens (including phenoxy) is 2. The maximum absolute atomic E-state index is 12.2. The van der Waals surface area contributed by atoms with Crippen LogP contribution in [0.1, 0.15) is 12.0 Å². The number of nitrogens with zero attached hydrogens (tertiary/aromatic N) is 2. The van der Waals surface area contributed by atoms with Crippen molar-refractivity contribution in [3.8, 4) is 5.75 Å². The molecule has 1 fully saturated rings. The average Bonchev–Trinajstić information content (AvgIpc) is 2.68. The zero-order valence-electron chi connectivity index (χ0n) is 14.6. The van der Waals surface area contributed by atoms with Gasteiger partial charge in [0, 0.05) is 38.8 Å².